The Balaban J connectivity index is 3.21. The molecule has 1 aliphatic carbocycles. The average Bonchev–Trinajstić information content (AvgIpc) is 2.88. The normalized spacial score (nSPS) is 25.9. The highest BCUT2D eigenvalue weighted by Gasteiger charge is 2.51. The van der Waals surface area contributed by atoms with E-state index in [1.54, 1.807) is 20.8 Å². The first kappa shape index (κ1) is 24.2. The fourth-order valence-corrected chi connectivity index (χ4v) is 4.10. The third kappa shape index (κ3) is 6.36. The summed E-state index contributed by atoms with van der Waals surface area (Å²) in [5, 5.41) is 16.7. The van der Waals surface area contributed by atoms with Crippen LogP contribution in [-0.2, 0) is 19.1 Å². The maximum Gasteiger partial charge on any atom is 0.407 e. The number of carbonyl (C=O) groups excluding carboxylic acids is 3. The van der Waals surface area contributed by atoms with E-state index < -0.39 is 47.7 Å². The molecule has 0 radical (unpaired) electrons. The summed E-state index contributed by atoms with van der Waals surface area (Å²) in [6, 6.07) is -0.927. The molecular formula is C20H36N2O6. The van der Waals surface area contributed by atoms with Crippen LogP contribution < -0.4 is 10.6 Å². The first-order valence-corrected chi connectivity index (χ1v) is 9.97. The SMILES string of the molecule is CCC(CC)[C@@H](NC(C)=O)[C@@H]1[C@H](O)[C@@H](C(=O)OC)C[C@H]1NC(=O)OC(C)(C)C. The Kier molecular flexibility index (Phi) is 8.73. The van der Waals surface area contributed by atoms with Gasteiger partial charge in [-0.3, -0.25) is 9.59 Å². The highest BCUT2D eigenvalue weighted by atomic mass is 16.6. The molecule has 0 aromatic rings. The van der Waals surface area contributed by atoms with E-state index >= 15 is 0 Å². The Morgan fingerprint density at radius 3 is 2.18 bits per heavy atom. The highest BCUT2D eigenvalue weighted by Crippen LogP contribution is 2.38. The van der Waals surface area contributed by atoms with Gasteiger partial charge in [0.25, 0.3) is 0 Å². The van der Waals surface area contributed by atoms with Crippen molar-refractivity contribution in [1.82, 2.24) is 10.6 Å². The Bertz CT molecular complexity index is 555. The average molecular weight is 401 g/mol. The topological polar surface area (TPSA) is 114 Å². The monoisotopic (exact) mass is 400 g/mol. The second-order valence-electron chi connectivity index (χ2n) is 8.49. The molecule has 28 heavy (non-hydrogen) atoms. The zero-order valence-electron chi connectivity index (χ0n) is 18.1. The van der Waals surface area contributed by atoms with Gasteiger partial charge in [0.05, 0.1) is 19.1 Å². The number of carbonyl (C=O) groups is 3. The van der Waals surface area contributed by atoms with E-state index in [0.717, 1.165) is 12.8 Å². The van der Waals surface area contributed by atoms with Crippen LogP contribution >= 0.6 is 0 Å². The first-order valence-electron chi connectivity index (χ1n) is 9.97. The summed E-state index contributed by atoms with van der Waals surface area (Å²) in [5.41, 5.74) is -0.676. The third-order valence-electron chi connectivity index (χ3n) is 5.33. The number of esters is 1. The summed E-state index contributed by atoms with van der Waals surface area (Å²) in [6.45, 7) is 10.7. The van der Waals surface area contributed by atoms with Gasteiger partial charge in [-0.2, -0.15) is 0 Å². The molecule has 0 spiro atoms. The number of ether oxygens (including phenoxy) is 2. The van der Waals surface area contributed by atoms with Gasteiger partial charge in [-0.25, -0.2) is 4.79 Å². The third-order valence-corrected chi connectivity index (χ3v) is 5.33. The van der Waals surface area contributed by atoms with Crippen molar-refractivity contribution < 1.29 is 29.0 Å². The number of hydrogen-bond acceptors (Lipinski definition) is 6. The molecule has 0 aromatic heterocycles. The molecule has 0 bridgehead atoms. The number of alkyl carbamates (subject to hydrolysis) is 1. The van der Waals surface area contributed by atoms with Crippen LogP contribution in [0.25, 0.3) is 0 Å². The fraction of sp³-hybridized carbons (Fsp3) is 0.850. The number of aliphatic hydroxyl groups excluding tert-OH is 1. The molecule has 0 heterocycles. The molecule has 1 saturated carbocycles. The van der Waals surface area contributed by atoms with Gasteiger partial charge in [-0.1, -0.05) is 26.7 Å². The lowest BCUT2D eigenvalue weighted by Crippen LogP contribution is -2.54. The molecule has 0 saturated heterocycles. The van der Waals surface area contributed by atoms with Crippen LogP contribution in [0.3, 0.4) is 0 Å². The van der Waals surface area contributed by atoms with Crippen LogP contribution in [0.4, 0.5) is 4.79 Å². The molecule has 0 unspecified atom stereocenters. The van der Waals surface area contributed by atoms with E-state index in [-0.39, 0.29) is 18.2 Å². The van der Waals surface area contributed by atoms with Crippen molar-refractivity contribution >= 4 is 18.0 Å². The van der Waals surface area contributed by atoms with Crippen LogP contribution in [0.2, 0.25) is 0 Å². The molecule has 0 aliphatic heterocycles. The number of aliphatic hydroxyl groups is 1. The van der Waals surface area contributed by atoms with Crippen molar-refractivity contribution in [2.45, 2.75) is 84.6 Å². The summed E-state index contributed by atoms with van der Waals surface area (Å²) < 4.78 is 10.2. The Morgan fingerprint density at radius 2 is 1.75 bits per heavy atom. The fourth-order valence-electron chi connectivity index (χ4n) is 4.10. The molecule has 8 nitrogen and oxygen atoms in total. The van der Waals surface area contributed by atoms with Gasteiger partial charge >= 0.3 is 12.1 Å². The van der Waals surface area contributed by atoms with Crippen molar-refractivity contribution in [1.29, 1.82) is 0 Å². The molecule has 0 aromatic carbocycles. The molecule has 8 heteroatoms. The summed E-state index contributed by atoms with van der Waals surface area (Å²) in [5.74, 6) is -1.98. The lowest BCUT2D eigenvalue weighted by Gasteiger charge is -2.36. The Labute approximate surface area is 167 Å². The zero-order valence-corrected chi connectivity index (χ0v) is 18.1. The molecule has 5 atom stereocenters. The number of amides is 2. The molecule has 1 fully saturated rings. The van der Waals surface area contributed by atoms with Crippen LogP contribution in [-0.4, -0.2) is 54.0 Å². The largest absolute Gasteiger partial charge is 0.469 e. The molecular weight excluding hydrogens is 364 g/mol. The van der Waals surface area contributed by atoms with Gasteiger partial charge in [0.2, 0.25) is 5.91 Å². The standard InChI is InChI=1S/C20H36N2O6/c1-8-12(9-2)16(21-11(3)23)15-14(22-19(26)28-20(4,5)6)10-13(17(15)24)18(25)27-7/h12-17,24H,8-10H2,1-7H3,(H,21,23)(H,22,26)/t13-,14+,15+,16+,17+/m0/s1. The lowest BCUT2D eigenvalue weighted by atomic mass is 9.80. The molecule has 1 rings (SSSR count). The predicted molar refractivity (Wildman–Crippen MR) is 104 cm³/mol. The van der Waals surface area contributed by atoms with Crippen molar-refractivity contribution in [2.24, 2.45) is 17.8 Å². The highest BCUT2D eigenvalue weighted by molar-refractivity contribution is 5.75. The molecule has 162 valence electrons. The smallest absolute Gasteiger partial charge is 0.407 e. The maximum atomic E-state index is 12.3. The number of methoxy groups -OCH3 is 1. The summed E-state index contributed by atoms with van der Waals surface area (Å²) >= 11 is 0. The molecule has 3 N–H and O–H groups in total. The van der Waals surface area contributed by atoms with Crippen LogP contribution in [0, 0.1) is 17.8 Å². The number of hydrogen-bond donors (Lipinski definition) is 3. The van der Waals surface area contributed by atoms with Gasteiger partial charge in [-0.05, 0) is 33.1 Å². The van der Waals surface area contributed by atoms with E-state index in [4.69, 9.17) is 9.47 Å². The first-order chi connectivity index (χ1) is 12.9. The Hall–Kier alpha value is -1.83. The maximum absolute atomic E-state index is 12.3. The summed E-state index contributed by atoms with van der Waals surface area (Å²) in [7, 11) is 1.27. The second kappa shape index (κ2) is 10.1. The lowest BCUT2D eigenvalue weighted by molar-refractivity contribution is -0.149. The van der Waals surface area contributed by atoms with Gasteiger partial charge in [0.15, 0.2) is 0 Å². The van der Waals surface area contributed by atoms with Gasteiger partial charge in [0, 0.05) is 24.9 Å². The molecule has 2 amide bonds. The van der Waals surface area contributed by atoms with E-state index in [1.165, 1.54) is 14.0 Å². The van der Waals surface area contributed by atoms with E-state index in [9.17, 15) is 19.5 Å². The van der Waals surface area contributed by atoms with Crippen LogP contribution in [0.15, 0.2) is 0 Å². The minimum absolute atomic E-state index is 0.0860. The van der Waals surface area contributed by atoms with Crippen molar-refractivity contribution in [3.8, 4) is 0 Å². The van der Waals surface area contributed by atoms with E-state index in [2.05, 4.69) is 10.6 Å². The zero-order chi connectivity index (χ0) is 21.6. The quantitative estimate of drug-likeness (QED) is 0.563. The number of nitrogens with one attached hydrogen (secondary N) is 2. The van der Waals surface area contributed by atoms with Crippen molar-refractivity contribution in [2.75, 3.05) is 7.11 Å². The van der Waals surface area contributed by atoms with Crippen LogP contribution in [0.5, 0.6) is 0 Å². The Morgan fingerprint density at radius 1 is 1.18 bits per heavy atom. The van der Waals surface area contributed by atoms with Gasteiger partial charge in [0.1, 0.15) is 5.60 Å². The summed E-state index contributed by atoms with van der Waals surface area (Å²) in [4.78, 5) is 36.4. The van der Waals surface area contributed by atoms with E-state index in [0.29, 0.717) is 0 Å². The van der Waals surface area contributed by atoms with E-state index in [1.807, 2.05) is 13.8 Å². The predicted octanol–water partition coefficient (Wildman–Crippen LogP) is 1.99. The second-order valence-corrected chi connectivity index (χ2v) is 8.49. The van der Waals surface area contributed by atoms with Gasteiger partial charge in [-0.15, -0.1) is 0 Å². The molecule has 1 aliphatic rings. The van der Waals surface area contributed by atoms with Crippen molar-refractivity contribution in [3.05, 3.63) is 0 Å². The van der Waals surface area contributed by atoms with Crippen molar-refractivity contribution in [3.63, 3.8) is 0 Å². The van der Waals surface area contributed by atoms with Crippen LogP contribution in [0.1, 0.15) is 60.8 Å². The minimum atomic E-state index is -1.05. The number of rotatable bonds is 7. The summed E-state index contributed by atoms with van der Waals surface area (Å²) in [6.07, 6.45) is 0.115. The minimum Gasteiger partial charge on any atom is -0.469 e. The van der Waals surface area contributed by atoms with Gasteiger partial charge < -0.3 is 25.2 Å².